The van der Waals surface area contributed by atoms with E-state index in [1.807, 2.05) is 60.2 Å². The van der Waals surface area contributed by atoms with Crippen molar-refractivity contribution in [3.63, 3.8) is 0 Å². The van der Waals surface area contributed by atoms with Crippen LogP contribution in [0.25, 0.3) is 17.1 Å². The molecule has 2 aromatic carbocycles. The van der Waals surface area contributed by atoms with Crippen molar-refractivity contribution in [3.8, 4) is 17.1 Å². The monoisotopic (exact) mass is 391 g/mol. The van der Waals surface area contributed by atoms with E-state index in [0.717, 1.165) is 46.9 Å². The van der Waals surface area contributed by atoms with Crippen LogP contribution in [0.2, 0.25) is 5.02 Å². The Morgan fingerprint density at radius 1 is 0.964 bits per heavy atom. The topological polar surface area (TPSA) is 30.7 Å². The van der Waals surface area contributed by atoms with Crippen molar-refractivity contribution in [2.75, 3.05) is 0 Å². The second-order valence-corrected chi connectivity index (χ2v) is 7.12. The molecule has 0 amide bonds. The molecule has 0 saturated carbocycles. The smallest absolute Gasteiger partial charge is 0.145 e. The molecule has 0 aliphatic rings. The first-order valence-corrected chi connectivity index (χ1v) is 9.48. The fourth-order valence-electron chi connectivity index (χ4n) is 3.18. The normalized spacial score (nSPS) is 11.0. The highest BCUT2D eigenvalue weighted by molar-refractivity contribution is 6.30. The van der Waals surface area contributed by atoms with E-state index < -0.39 is 0 Å². The Bertz CT molecular complexity index is 1090. The summed E-state index contributed by atoms with van der Waals surface area (Å²) in [7, 11) is 0. The van der Waals surface area contributed by atoms with Gasteiger partial charge in [0, 0.05) is 34.4 Å². The maximum atomic E-state index is 13.9. The third-order valence-corrected chi connectivity index (χ3v) is 4.92. The Hall–Kier alpha value is -2.98. The van der Waals surface area contributed by atoms with Crippen LogP contribution in [0.3, 0.4) is 0 Å². The number of imidazole rings is 1. The number of rotatable bonds is 5. The second-order valence-electron chi connectivity index (χ2n) is 6.68. The fourth-order valence-corrected chi connectivity index (χ4v) is 3.30. The van der Waals surface area contributed by atoms with E-state index in [-0.39, 0.29) is 5.82 Å². The molecule has 0 atom stereocenters. The van der Waals surface area contributed by atoms with Crippen molar-refractivity contribution >= 4 is 11.6 Å². The first-order valence-electron chi connectivity index (χ1n) is 9.11. The molecular weight excluding hydrogens is 373 g/mol. The first kappa shape index (κ1) is 18.4. The minimum absolute atomic E-state index is 0.277. The van der Waals surface area contributed by atoms with Crippen LogP contribution in [0.5, 0.6) is 0 Å². The van der Waals surface area contributed by atoms with Crippen LogP contribution in [0.15, 0.2) is 73.1 Å². The summed E-state index contributed by atoms with van der Waals surface area (Å²) >= 11 is 6.04. The van der Waals surface area contributed by atoms with Crippen LogP contribution in [-0.4, -0.2) is 14.5 Å². The Morgan fingerprint density at radius 3 is 2.50 bits per heavy atom. The molecular formula is C23H19ClFN3. The first-order chi connectivity index (χ1) is 13.6. The second kappa shape index (κ2) is 7.95. The molecule has 4 rings (SSSR count). The Labute approximate surface area is 168 Å². The van der Waals surface area contributed by atoms with E-state index in [9.17, 15) is 4.39 Å². The van der Waals surface area contributed by atoms with E-state index in [2.05, 4.69) is 4.98 Å². The predicted octanol–water partition coefficient (Wildman–Crippen LogP) is 5.82. The molecule has 0 bridgehead atoms. The van der Waals surface area contributed by atoms with Gasteiger partial charge in [0.1, 0.15) is 11.6 Å². The van der Waals surface area contributed by atoms with Crippen LogP contribution >= 0.6 is 11.6 Å². The van der Waals surface area contributed by atoms with Crippen molar-refractivity contribution in [1.29, 1.82) is 0 Å². The molecule has 0 aliphatic carbocycles. The van der Waals surface area contributed by atoms with Gasteiger partial charge in [-0.2, -0.15) is 0 Å². The van der Waals surface area contributed by atoms with E-state index in [0.29, 0.717) is 5.02 Å². The molecule has 2 aromatic heterocycles. The number of hydrogen-bond donors (Lipinski definition) is 0. The molecule has 5 heteroatoms. The van der Waals surface area contributed by atoms with E-state index >= 15 is 0 Å². The van der Waals surface area contributed by atoms with Gasteiger partial charge < -0.3 is 0 Å². The van der Waals surface area contributed by atoms with Gasteiger partial charge in [-0.25, -0.2) is 9.37 Å². The highest BCUT2D eigenvalue weighted by atomic mass is 35.5. The van der Waals surface area contributed by atoms with Crippen molar-refractivity contribution in [2.24, 2.45) is 0 Å². The van der Waals surface area contributed by atoms with Gasteiger partial charge in [0.2, 0.25) is 0 Å². The molecule has 0 fully saturated rings. The van der Waals surface area contributed by atoms with Crippen molar-refractivity contribution in [1.82, 2.24) is 14.5 Å². The summed E-state index contributed by atoms with van der Waals surface area (Å²) in [5, 5.41) is 0.669. The number of aromatic nitrogens is 3. The molecule has 0 saturated heterocycles. The summed E-state index contributed by atoms with van der Waals surface area (Å²) in [6, 6.07) is 18.2. The predicted molar refractivity (Wildman–Crippen MR) is 110 cm³/mol. The molecule has 3 nitrogen and oxygen atoms in total. The lowest BCUT2D eigenvalue weighted by Crippen LogP contribution is -1.98. The van der Waals surface area contributed by atoms with Gasteiger partial charge in [0.25, 0.3) is 0 Å². The zero-order chi connectivity index (χ0) is 19.5. The van der Waals surface area contributed by atoms with Crippen LogP contribution in [0, 0.1) is 12.7 Å². The molecule has 0 spiro atoms. The lowest BCUT2D eigenvalue weighted by molar-refractivity contribution is 0.627. The summed E-state index contributed by atoms with van der Waals surface area (Å²) < 4.78 is 15.9. The van der Waals surface area contributed by atoms with Crippen LogP contribution in [0.1, 0.15) is 17.0 Å². The Balaban J connectivity index is 1.75. The molecule has 2 heterocycles. The highest BCUT2D eigenvalue weighted by Gasteiger charge is 2.15. The average molecular weight is 392 g/mol. The van der Waals surface area contributed by atoms with Crippen LogP contribution < -0.4 is 0 Å². The lowest BCUT2D eigenvalue weighted by atomic mass is 10.1. The third kappa shape index (κ3) is 3.97. The van der Waals surface area contributed by atoms with Gasteiger partial charge in [-0.3, -0.25) is 9.55 Å². The number of benzene rings is 2. The number of nitrogens with zero attached hydrogens (tertiary/aromatic N) is 3. The third-order valence-electron chi connectivity index (χ3n) is 4.66. The van der Waals surface area contributed by atoms with Gasteiger partial charge in [-0.1, -0.05) is 23.7 Å². The summed E-state index contributed by atoms with van der Waals surface area (Å²) in [4.78, 5) is 9.21. The Kier molecular flexibility index (Phi) is 5.22. The summed E-state index contributed by atoms with van der Waals surface area (Å²) in [6.45, 7) is 1.96. The average Bonchev–Trinajstić information content (AvgIpc) is 3.14. The maximum absolute atomic E-state index is 13.9. The summed E-state index contributed by atoms with van der Waals surface area (Å²) in [6.07, 6.45) is 5.34. The Morgan fingerprint density at radius 2 is 1.75 bits per heavy atom. The van der Waals surface area contributed by atoms with E-state index in [4.69, 9.17) is 16.6 Å². The molecule has 0 radical (unpaired) electrons. The van der Waals surface area contributed by atoms with E-state index in [1.54, 1.807) is 12.3 Å². The minimum atomic E-state index is -0.277. The molecule has 4 aromatic rings. The largest absolute Gasteiger partial charge is 0.300 e. The summed E-state index contributed by atoms with van der Waals surface area (Å²) in [5.74, 6) is 0.441. The van der Waals surface area contributed by atoms with Gasteiger partial charge in [0.15, 0.2) is 0 Å². The van der Waals surface area contributed by atoms with Crippen molar-refractivity contribution < 1.29 is 4.39 Å². The molecule has 0 unspecified atom stereocenters. The maximum Gasteiger partial charge on any atom is 0.145 e. The minimum Gasteiger partial charge on any atom is -0.300 e. The molecule has 28 heavy (non-hydrogen) atoms. The van der Waals surface area contributed by atoms with Crippen LogP contribution in [0.4, 0.5) is 4.39 Å². The van der Waals surface area contributed by atoms with Gasteiger partial charge in [0.05, 0.1) is 5.69 Å². The van der Waals surface area contributed by atoms with Gasteiger partial charge >= 0.3 is 0 Å². The number of hydrogen-bond acceptors (Lipinski definition) is 2. The zero-order valence-corrected chi connectivity index (χ0v) is 16.2. The number of aryl methyl sites for hydroxylation is 3. The van der Waals surface area contributed by atoms with Gasteiger partial charge in [-0.15, -0.1) is 0 Å². The molecule has 140 valence electrons. The highest BCUT2D eigenvalue weighted by Crippen LogP contribution is 2.27. The number of pyridine rings is 1. The van der Waals surface area contributed by atoms with Gasteiger partial charge in [-0.05, 0) is 73.9 Å². The van der Waals surface area contributed by atoms with E-state index in [1.165, 1.54) is 12.1 Å². The standard InChI is InChI=1S/C23H19ClFN3/c1-16-5-8-18(25)14-22(16)23-27-20(10-9-19-4-2-3-13-26-19)15-28(23)21-11-6-17(24)7-12-21/h2-8,11-15H,9-10H2,1H3. The fraction of sp³-hybridized carbons (Fsp3) is 0.130. The zero-order valence-electron chi connectivity index (χ0n) is 15.4. The van der Waals surface area contributed by atoms with Crippen LogP contribution in [-0.2, 0) is 12.8 Å². The molecule has 0 aliphatic heterocycles. The molecule has 0 N–H and O–H groups in total. The van der Waals surface area contributed by atoms with Crippen molar-refractivity contribution in [3.05, 3.63) is 101 Å². The number of halogens is 2. The lowest BCUT2D eigenvalue weighted by Gasteiger charge is -2.10. The SMILES string of the molecule is Cc1ccc(F)cc1-c1nc(CCc2ccccn2)cn1-c1ccc(Cl)cc1. The quantitative estimate of drug-likeness (QED) is 0.429. The van der Waals surface area contributed by atoms with Crippen molar-refractivity contribution in [2.45, 2.75) is 19.8 Å². The summed E-state index contributed by atoms with van der Waals surface area (Å²) in [5.41, 5.74) is 4.63.